The number of furan rings is 1. The van der Waals surface area contributed by atoms with Crippen LogP contribution in [0.25, 0.3) is 60.5 Å². The summed E-state index contributed by atoms with van der Waals surface area (Å²) in [5.74, 6) is 0.313. The molecule has 0 spiro atoms. The molecule has 248 valence electrons. The van der Waals surface area contributed by atoms with Crippen molar-refractivity contribution in [3.8, 4) is 22.3 Å². The summed E-state index contributed by atoms with van der Waals surface area (Å²) in [5.41, 5.74) is 13.7. The van der Waals surface area contributed by atoms with E-state index < -0.39 is 0 Å². The number of fused-ring (bicyclic) bond motifs is 8. The molecular weight excluding hydrogens is 631 g/mol. The van der Waals surface area contributed by atoms with Gasteiger partial charge in [-0.25, -0.2) is 0 Å². The van der Waals surface area contributed by atoms with E-state index in [0.717, 1.165) is 39.0 Å². The predicted molar refractivity (Wildman–Crippen MR) is 220 cm³/mol. The summed E-state index contributed by atoms with van der Waals surface area (Å²) in [6, 6.07) is 54.8. The maximum Gasteiger partial charge on any atom is 0.159 e. The Kier molecular flexibility index (Phi) is 6.94. The molecule has 2 heteroatoms. The first-order valence-corrected chi connectivity index (χ1v) is 18.1. The highest BCUT2D eigenvalue weighted by Gasteiger charge is 2.36. The number of anilines is 3. The average molecular weight is 668 g/mol. The number of para-hydroxylation sites is 1. The monoisotopic (exact) mass is 667 g/mol. The predicted octanol–water partition coefficient (Wildman–Crippen LogP) is 14.0. The number of hydrogen-bond donors (Lipinski definition) is 0. The fourth-order valence-corrected chi connectivity index (χ4v) is 8.36. The molecule has 0 N–H and O–H groups in total. The van der Waals surface area contributed by atoms with Crippen LogP contribution in [-0.4, -0.2) is 0 Å². The molecule has 1 atom stereocenters. The van der Waals surface area contributed by atoms with E-state index in [9.17, 15) is 0 Å². The summed E-state index contributed by atoms with van der Waals surface area (Å²) < 4.78 is 6.82. The fourth-order valence-electron chi connectivity index (χ4n) is 8.36. The normalized spacial score (nSPS) is 15.8. The van der Waals surface area contributed by atoms with Crippen LogP contribution >= 0.6 is 0 Å². The Balaban J connectivity index is 1.14. The molecule has 0 radical (unpaired) electrons. The summed E-state index contributed by atoms with van der Waals surface area (Å²) >= 11 is 0. The topological polar surface area (TPSA) is 16.4 Å². The quantitative estimate of drug-likeness (QED) is 0.182. The minimum absolute atomic E-state index is 0.0803. The van der Waals surface area contributed by atoms with Gasteiger partial charge in [-0.2, -0.15) is 0 Å². The lowest BCUT2D eigenvalue weighted by Crippen LogP contribution is -2.30. The minimum atomic E-state index is -0.0803. The highest BCUT2D eigenvalue weighted by molar-refractivity contribution is 6.21. The highest BCUT2D eigenvalue weighted by atomic mass is 16.3. The lowest BCUT2D eigenvalue weighted by Gasteiger charge is -2.38. The molecule has 2 aliphatic rings. The van der Waals surface area contributed by atoms with Crippen molar-refractivity contribution in [2.45, 2.75) is 19.3 Å². The lowest BCUT2D eigenvalue weighted by molar-refractivity contribution is 0.439. The van der Waals surface area contributed by atoms with E-state index in [1.165, 1.54) is 49.7 Å². The van der Waals surface area contributed by atoms with Crippen LogP contribution in [0.4, 0.5) is 17.1 Å². The summed E-state index contributed by atoms with van der Waals surface area (Å²) in [4.78, 5) is 2.38. The van der Waals surface area contributed by atoms with Gasteiger partial charge in [-0.3, -0.25) is 0 Å². The fraction of sp³-hybridized carbons (Fsp3) is 0.0800. The van der Waals surface area contributed by atoms with Gasteiger partial charge in [0.25, 0.3) is 0 Å². The molecule has 0 saturated heterocycles. The number of hydrogen-bond acceptors (Lipinski definition) is 2. The molecule has 0 aliphatic heterocycles. The van der Waals surface area contributed by atoms with E-state index in [0.29, 0.717) is 5.92 Å². The second kappa shape index (κ2) is 11.9. The molecular formula is C50H37NO. The van der Waals surface area contributed by atoms with Crippen molar-refractivity contribution in [3.63, 3.8) is 0 Å². The van der Waals surface area contributed by atoms with Gasteiger partial charge >= 0.3 is 0 Å². The van der Waals surface area contributed by atoms with Crippen LogP contribution in [0.2, 0.25) is 0 Å². The van der Waals surface area contributed by atoms with Crippen molar-refractivity contribution >= 4 is 55.3 Å². The van der Waals surface area contributed by atoms with E-state index >= 15 is 0 Å². The third-order valence-electron chi connectivity index (χ3n) is 11.2. The number of allylic oxidation sites excluding steroid dienone is 6. The third kappa shape index (κ3) is 4.86. The maximum absolute atomic E-state index is 6.82. The second-order valence-corrected chi connectivity index (χ2v) is 14.6. The molecule has 0 fully saturated rings. The summed E-state index contributed by atoms with van der Waals surface area (Å²) in [5, 5.41) is 4.69. The molecule has 1 aromatic heterocycles. The van der Waals surface area contributed by atoms with Crippen LogP contribution in [0.5, 0.6) is 0 Å². The minimum Gasteiger partial charge on any atom is -0.454 e. The van der Waals surface area contributed by atoms with Gasteiger partial charge in [0, 0.05) is 33.5 Å². The molecule has 7 aromatic carbocycles. The Bertz CT molecular complexity index is 2740. The van der Waals surface area contributed by atoms with Crippen molar-refractivity contribution in [1.29, 1.82) is 0 Å². The van der Waals surface area contributed by atoms with Crippen molar-refractivity contribution in [2.24, 2.45) is 5.92 Å². The van der Waals surface area contributed by atoms with Crippen LogP contribution in [0.3, 0.4) is 0 Å². The molecule has 10 rings (SSSR count). The first kappa shape index (κ1) is 30.4. The standard InChI is InChI=1S/C50H37NO/c1-50(2)39-15-8-6-14-38(31-39)42-29-28-41(32-45(42)50)51(40-26-23-36(24-27-40)35-21-19-34(20-22-35)33-11-4-3-5-12-33)46-18-10-17-44-48-43-16-9-7-13-37(43)25-30-47(48)52-49(44)46/h3-32,39H,1-2H3. The summed E-state index contributed by atoms with van der Waals surface area (Å²) in [6.45, 7) is 4.74. The molecule has 0 saturated carbocycles. The van der Waals surface area contributed by atoms with Crippen molar-refractivity contribution < 1.29 is 4.42 Å². The van der Waals surface area contributed by atoms with Crippen molar-refractivity contribution in [3.05, 3.63) is 193 Å². The van der Waals surface area contributed by atoms with Crippen LogP contribution < -0.4 is 4.90 Å². The van der Waals surface area contributed by atoms with Gasteiger partial charge in [0.2, 0.25) is 0 Å². The second-order valence-electron chi connectivity index (χ2n) is 14.6. The number of nitrogens with zero attached hydrogens (tertiary/aromatic N) is 1. The van der Waals surface area contributed by atoms with E-state index in [2.05, 4.69) is 201 Å². The summed E-state index contributed by atoms with van der Waals surface area (Å²) in [7, 11) is 0. The third-order valence-corrected chi connectivity index (χ3v) is 11.2. The van der Waals surface area contributed by atoms with E-state index in [4.69, 9.17) is 4.42 Å². The first-order chi connectivity index (χ1) is 25.5. The van der Waals surface area contributed by atoms with Gasteiger partial charge in [0.15, 0.2) is 5.58 Å². The van der Waals surface area contributed by atoms with Crippen LogP contribution in [0.1, 0.15) is 25.0 Å². The first-order valence-electron chi connectivity index (χ1n) is 18.1. The SMILES string of the molecule is CC1(C)c2cc(N(c3ccc(-c4ccc(-c5ccccc5)cc4)cc3)c3cccc4c3oc3ccc5ccccc5c34)ccc2C2=CC1C=CC=C2. The van der Waals surface area contributed by atoms with Gasteiger partial charge in [-0.05, 0) is 86.1 Å². The van der Waals surface area contributed by atoms with Crippen LogP contribution in [0, 0.1) is 5.92 Å². The van der Waals surface area contributed by atoms with Crippen molar-refractivity contribution in [1.82, 2.24) is 0 Å². The van der Waals surface area contributed by atoms with Crippen LogP contribution in [0.15, 0.2) is 186 Å². The van der Waals surface area contributed by atoms with Gasteiger partial charge in [-0.15, -0.1) is 0 Å². The zero-order valence-corrected chi connectivity index (χ0v) is 29.3. The van der Waals surface area contributed by atoms with E-state index in [1.54, 1.807) is 0 Å². The molecule has 1 heterocycles. The van der Waals surface area contributed by atoms with Gasteiger partial charge in [-0.1, -0.05) is 159 Å². The number of rotatable bonds is 5. The largest absolute Gasteiger partial charge is 0.454 e. The smallest absolute Gasteiger partial charge is 0.159 e. The molecule has 2 aliphatic carbocycles. The average Bonchev–Trinajstić information content (AvgIpc) is 3.43. The lowest BCUT2D eigenvalue weighted by atomic mass is 9.67. The van der Waals surface area contributed by atoms with E-state index in [1.807, 2.05) is 0 Å². The maximum atomic E-state index is 6.82. The van der Waals surface area contributed by atoms with Crippen molar-refractivity contribution in [2.75, 3.05) is 4.90 Å². The Hall–Kier alpha value is -6.38. The Morgan fingerprint density at radius 1 is 0.577 bits per heavy atom. The Morgan fingerprint density at radius 2 is 1.25 bits per heavy atom. The molecule has 8 aromatic rings. The Labute approximate surface area is 304 Å². The number of benzene rings is 7. The molecule has 2 bridgehead atoms. The molecule has 2 nitrogen and oxygen atoms in total. The zero-order chi connectivity index (χ0) is 34.8. The van der Waals surface area contributed by atoms with E-state index in [-0.39, 0.29) is 5.41 Å². The van der Waals surface area contributed by atoms with Gasteiger partial charge in [0.05, 0.1) is 5.69 Å². The molecule has 52 heavy (non-hydrogen) atoms. The van der Waals surface area contributed by atoms with Gasteiger partial charge < -0.3 is 9.32 Å². The zero-order valence-electron chi connectivity index (χ0n) is 29.3. The molecule has 0 amide bonds. The molecule has 1 unspecified atom stereocenters. The highest BCUT2D eigenvalue weighted by Crippen LogP contribution is 2.49. The summed E-state index contributed by atoms with van der Waals surface area (Å²) in [6.07, 6.45) is 11.4. The Morgan fingerprint density at radius 3 is 2.04 bits per heavy atom. The van der Waals surface area contributed by atoms with Crippen LogP contribution in [-0.2, 0) is 5.41 Å². The van der Waals surface area contributed by atoms with Gasteiger partial charge in [0.1, 0.15) is 5.58 Å².